The molecule has 1 aromatic rings. The molecule has 6 nitrogen and oxygen atoms in total. The Hall–Kier alpha value is -1.98. The Bertz CT molecular complexity index is 298. The number of hydrogen-bond donors (Lipinski definition) is 3. The van der Waals surface area contributed by atoms with Gasteiger partial charge in [0.05, 0.1) is 6.26 Å². The highest BCUT2D eigenvalue weighted by molar-refractivity contribution is 5.87. The van der Waals surface area contributed by atoms with Gasteiger partial charge in [-0.2, -0.15) is 0 Å². The largest absolute Gasteiger partial charge is 0.449 e. The van der Waals surface area contributed by atoms with Crippen molar-refractivity contribution in [3.8, 4) is 0 Å². The molecule has 0 aliphatic heterocycles. The molecule has 0 spiro atoms. The molecule has 0 aromatic carbocycles. The van der Waals surface area contributed by atoms with Crippen LogP contribution in [0.4, 0.5) is 10.7 Å². The first-order valence-electron chi connectivity index (χ1n) is 4.58. The van der Waals surface area contributed by atoms with Gasteiger partial charge in [-0.05, 0) is 12.5 Å². The van der Waals surface area contributed by atoms with Crippen molar-refractivity contribution >= 4 is 18.3 Å². The average Bonchev–Trinajstić information content (AvgIpc) is 2.70. The fourth-order valence-electron chi connectivity index (χ4n) is 0.957. The zero-order valence-electron chi connectivity index (χ0n) is 8.16. The first-order chi connectivity index (χ1) is 7.33. The predicted molar refractivity (Wildman–Crippen MR) is 54.4 cm³/mol. The summed E-state index contributed by atoms with van der Waals surface area (Å²) in [6, 6.07) is 3.01. The second-order valence-electron chi connectivity index (χ2n) is 2.78. The third-order valence-electron chi connectivity index (χ3n) is 1.62. The van der Waals surface area contributed by atoms with Gasteiger partial charge in [-0.25, -0.2) is 4.79 Å². The summed E-state index contributed by atoms with van der Waals surface area (Å²) in [5.74, 6) is 0.401. The fourth-order valence-corrected chi connectivity index (χ4v) is 0.957. The summed E-state index contributed by atoms with van der Waals surface area (Å²) in [4.78, 5) is 21.1. The molecule has 1 aromatic heterocycles. The molecule has 0 atom stereocenters. The van der Waals surface area contributed by atoms with Crippen molar-refractivity contribution in [1.29, 1.82) is 0 Å². The predicted octanol–water partition coefficient (Wildman–Crippen LogP) is 0.537. The molecule has 0 saturated heterocycles. The molecule has 0 saturated carbocycles. The topological polar surface area (TPSA) is 83.4 Å². The van der Waals surface area contributed by atoms with Crippen LogP contribution in [0.25, 0.3) is 0 Å². The number of carbonyl (C=O) groups excluding carboxylic acids is 2. The molecule has 3 N–H and O–H groups in total. The second-order valence-corrected chi connectivity index (χ2v) is 2.78. The van der Waals surface area contributed by atoms with E-state index in [1.165, 1.54) is 6.26 Å². The summed E-state index contributed by atoms with van der Waals surface area (Å²) in [6.45, 7) is 1.04. The average molecular weight is 211 g/mol. The van der Waals surface area contributed by atoms with E-state index in [0.29, 0.717) is 31.8 Å². The van der Waals surface area contributed by atoms with Crippen LogP contribution in [0.3, 0.4) is 0 Å². The van der Waals surface area contributed by atoms with E-state index >= 15 is 0 Å². The molecule has 0 aliphatic rings. The van der Waals surface area contributed by atoms with Crippen molar-refractivity contribution in [1.82, 2.24) is 10.6 Å². The Morgan fingerprint density at radius 3 is 3.00 bits per heavy atom. The normalized spacial score (nSPS) is 9.33. The summed E-state index contributed by atoms with van der Waals surface area (Å²) in [5.41, 5.74) is 0. The Kier molecular flexibility index (Phi) is 4.79. The van der Waals surface area contributed by atoms with Gasteiger partial charge in [0.15, 0.2) is 0 Å². The molecular formula is C9H13N3O3. The molecule has 0 unspecified atom stereocenters. The van der Waals surface area contributed by atoms with Gasteiger partial charge in [-0.15, -0.1) is 0 Å². The van der Waals surface area contributed by atoms with Crippen LogP contribution >= 0.6 is 0 Å². The SMILES string of the molecule is O=CNCCCNC(=O)Nc1ccco1. The monoisotopic (exact) mass is 211 g/mol. The fraction of sp³-hybridized carbons (Fsp3) is 0.333. The maximum atomic E-state index is 11.2. The number of urea groups is 1. The highest BCUT2D eigenvalue weighted by atomic mass is 16.3. The minimum absolute atomic E-state index is 0.323. The summed E-state index contributed by atoms with van der Waals surface area (Å²) in [6.07, 6.45) is 2.79. The molecule has 3 amide bonds. The molecule has 82 valence electrons. The maximum Gasteiger partial charge on any atom is 0.321 e. The van der Waals surface area contributed by atoms with E-state index in [1.54, 1.807) is 12.1 Å². The molecular weight excluding hydrogens is 198 g/mol. The van der Waals surface area contributed by atoms with E-state index in [1.807, 2.05) is 0 Å². The van der Waals surface area contributed by atoms with E-state index in [0.717, 1.165) is 0 Å². The van der Waals surface area contributed by atoms with Crippen LogP contribution in [0, 0.1) is 0 Å². The zero-order chi connectivity index (χ0) is 10.9. The molecule has 1 rings (SSSR count). The molecule has 0 bridgehead atoms. The summed E-state index contributed by atoms with van der Waals surface area (Å²) in [5, 5.41) is 7.62. The Morgan fingerprint density at radius 1 is 1.47 bits per heavy atom. The van der Waals surface area contributed by atoms with Gasteiger partial charge < -0.3 is 15.1 Å². The standard InChI is InChI=1S/C9H13N3O3/c13-7-10-4-2-5-11-9(14)12-8-3-1-6-15-8/h1,3,6-7H,2,4-5H2,(H,10,13)(H2,11,12,14). The maximum absolute atomic E-state index is 11.2. The second kappa shape index (κ2) is 6.47. The first kappa shape index (κ1) is 11.1. The molecule has 6 heteroatoms. The Morgan fingerprint density at radius 2 is 2.33 bits per heavy atom. The first-order valence-corrected chi connectivity index (χ1v) is 4.58. The van der Waals surface area contributed by atoms with Gasteiger partial charge in [0.1, 0.15) is 0 Å². The lowest BCUT2D eigenvalue weighted by Gasteiger charge is -2.04. The van der Waals surface area contributed by atoms with Crippen molar-refractivity contribution in [3.05, 3.63) is 18.4 Å². The van der Waals surface area contributed by atoms with Crippen LogP contribution < -0.4 is 16.0 Å². The summed E-state index contributed by atoms with van der Waals surface area (Å²) < 4.78 is 4.92. The van der Waals surface area contributed by atoms with Gasteiger partial charge in [0.2, 0.25) is 12.3 Å². The number of amides is 3. The van der Waals surface area contributed by atoms with Crippen LogP contribution in [0.15, 0.2) is 22.8 Å². The highest BCUT2D eigenvalue weighted by Crippen LogP contribution is 2.05. The summed E-state index contributed by atoms with van der Waals surface area (Å²) in [7, 11) is 0. The lowest BCUT2D eigenvalue weighted by molar-refractivity contribution is -0.109. The molecule has 0 fully saturated rings. The van der Waals surface area contributed by atoms with Crippen LogP contribution in [0.1, 0.15) is 6.42 Å². The van der Waals surface area contributed by atoms with E-state index in [-0.39, 0.29) is 6.03 Å². The van der Waals surface area contributed by atoms with Gasteiger partial charge in [0.25, 0.3) is 0 Å². The van der Waals surface area contributed by atoms with E-state index in [4.69, 9.17) is 4.42 Å². The number of nitrogens with one attached hydrogen (secondary N) is 3. The van der Waals surface area contributed by atoms with Gasteiger partial charge >= 0.3 is 6.03 Å². The highest BCUT2D eigenvalue weighted by Gasteiger charge is 2.01. The third kappa shape index (κ3) is 4.70. The number of carbonyl (C=O) groups is 2. The zero-order valence-corrected chi connectivity index (χ0v) is 8.16. The molecule has 0 aliphatic carbocycles. The van der Waals surface area contributed by atoms with Crippen LogP contribution in [-0.2, 0) is 4.79 Å². The van der Waals surface area contributed by atoms with Crippen molar-refractivity contribution in [2.75, 3.05) is 18.4 Å². The van der Waals surface area contributed by atoms with Crippen LogP contribution in [0.2, 0.25) is 0 Å². The van der Waals surface area contributed by atoms with E-state index in [2.05, 4.69) is 16.0 Å². The van der Waals surface area contributed by atoms with Crippen molar-refractivity contribution in [2.45, 2.75) is 6.42 Å². The number of furan rings is 1. The quantitative estimate of drug-likeness (QED) is 0.474. The van der Waals surface area contributed by atoms with Crippen LogP contribution in [0.5, 0.6) is 0 Å². The Labute approximate surface area is 87.0 Å². The van der Waals surface area contributed by atoms with Crippen molar-refractivity contribution < 1.29 is 14.0 Å². The van der Waals surface area contributed by atoms with Gasteiger partial charge in [-0.3, -0.25) is 10.1 Å². The van der Waals surface area contributed by atoms with E-state index < -0.39 is 0 Å². The van der Waals surface area contributed by atoms with Crippen molar-refractivity contribution in [2.24, 2.45) is 0 Å². The molecule has 15 heavy (non-hydrogen) atoms. The molecule has 0 radical (unpaired) electrons. The van der Waals surface area contributed by atoms with E-state index in [9.17, 15) is 9.59 Å². The van der Waals surface area contributed by atoms with Crippen LogP contribution in [-0.4, -0.2) is 25.5 Å². The number of hydrogen-bond acceptors (Lipinski definition) is 3. The van der Waals surface area contributed by atoms with Gasteiger partial charge in [0, 0.05) is 19.2 Å². The number of anilines is 1. The Balaban J connectivity index is 2.06. The van der Waals surface area contributed by atoms with Crippen molar-refractivity contribution in [3.63, 3.8) is 0 Å². The summed E-state index contributed by atoms with van der Waals surface area (Å²) >= 11 is 0. The minimum Gasteiger partial charge on any atom is -0.449 e. The smallest absolute Gasteiger partial charge is 0.321 e. The minimum atomic E-state index is -0.323. The van der Waals surface area contributed by atoms with Gasteiger partial charge in [-0.1, -0.05) is 0 Å². The third-order valence-corrected chi connectivity index (χ3v) is 1.62. The number of rotatable bonds is 6. The molecule has 1 heterocycles. The lowest BCUT2D eigenvalue weighted by Crippen LogP contribution is -2.30. The lowest BCUT2D eigenvalue weighted by atomic mass is 10.4.